The lowest BCUT2D eigenvalue weighted by molar-refractivity contribution is -0.135. The molecule has 0 saturated heterocycles. The summed E-state index contributed by atoms with van der Waals surface area (Å²) in [5.74, 6) is -0.632. The van der Waals surface area contributed by atoms with E-state index in [2.05, 4.69) is 109 Å². The third-order valence-electron chi connectivity index (χ3n) is 8.31. The van der Waals surface area contributed by atoms with Gasteiger partial charge in [0, 0.05) is 15.3 Å². The standard InChI is InChI=1S/C40H38O4S2.C3H3NO2/c1-3-4-5-8-17-32-26-35(39-37-36(43-22-23-44-37)34(45-39)24-27(2)40(41)42)46-38(32)31-20-18-28(19-21-31)25-33(29-13-9-6-10-14-29)30-15-11-7-12-16-30;1-4-2-3(5)6/h6-7,9-16,18-21,24-26H,3-5,8,17,22-23H2,1-2H3,(H,41,42);2H2,(H,5,6)/b27-24+;. The van der Waals surface area contributed by atoms with E-state index in [1.54, 1.807) is 35.7 Å². The first-order valence-electron chi connectivity index (χ1n) is 17.2. The number of carboxylic acids is 2. The van der Waals surface area contributed by atoms with E-state index in [1.165, 1.54) is 52.0 Å². The predicted molar refractivity (Wildman–Crippen MR) is 212 cm³/mol. The number of thiophene rings is 2. The first kappa shape index (κ1) is 37.8. The van der Waals surface area contributed by atoms with Crippen LogP contribution >= 0.6 is 22.7 Å². The highest BCUT2D eigenvalue weighted by molar-refractivity contribution is 7.24. The summed E-state index contributed by atoms with van der Waals surface area (Å²) in [6.45, 7) is 10.3. The normalized spacial score (nSPS) is 11.9. The number of hydrogen-bond acceptors (Lipinski definition) is 6. The van der Waals surface area contributed by atoms with Crippen molar-refractivity contribution in [2.45, 2.75) is 46.0 Å². The lowest BCUT2D eigenvalue weighted by Gasteiger charge is -2.16. The van der Waals surface area contributed by atoms with Crippen molar-refractivity contribution in [2.75, 3.05) is 19.8 Å². The maximum Gasteiger partial charge on any atom is 0.384 e. The SMILES string of the molecule is CCCCCCc1cc(-c2sc(/C=C(\C)C(=O)O)c3c2OCCO3)sc1-c1ccc(C=C(c2ccccc2)c2ccccc2)cc1.[C-]#[N+]CC(=O)O. The number of benzene rings is 3. The maximum absolute atomic E-state index is 11.6. The van der Waals surface area contributed by atoms with Gasteiger partial charge in [0.2, 0.25) is 0 Å². The lowest BCUT2D eigenvalue weighted by atomic mass is 9.95. The third kappa shape index (κ3) is 9.87. The molecule has 9 heteroatoms. The van der Waals surface area contributed by atoms with Gasteiger partial charge in [-0.05, 0) is 71.4 Å². The molecule has 0 aliphatic carbocycles. The summed E-state index contributed by atoms with van der Waals surface area (Å²) in [6, 6.07) is 32.3. The fourth-order valence-electron chi connectivity index (χ4n) is 5.74. The molecule has 7 nitrogen and oxygen atoms in total. The van der Waals surface area contributed by atoms with Gasteiger partial charge in [-0.25, -0.2) is 16.2 Å². The number of rotatable bonds is 13. The molecule has 0 amide bonds. The van der Waals surface area contributed by atoms with E-state index in [-0.39, 0.29) is 5.57 Å². The summed E-state index contributed by atoms with van der Waals surface area (Å²) < 4.78 is 12.1. The molecule has 266 valence electrons. The number of fused-ring (bicyclic) bond motifs is 1. The number of ether oxygens (including phenoxy) is 2. The van der Waals surface area contributed by atoms with Crippen LogP contribution in [0, 0.1) is 6.57 Å². The molecule has 0 fully saturated rings. The van der Waals surface area contributed by atoms with Gasteiger partial charge in [0.15, 0.2) is 11.5 Å². The average Bonchev–Trinajstić information content (AvgIpc) is 3.75. The second-order valence-electron chi connectivity index (χ2n) is 12.2. The van der Waals surface area contributed by atoms with Crippen LogP contribution in [0.1, 0.15) is 66.7 Å². The van der Waals surface area contributed by atoms with Gasteiger partial charge in [-0.3, -0.25) is 0 Å². The molecule has 0 atom stereocenters. The van der Waals surface area contributed by atoms with Gasteiger partial charge >= 0.3 is 18.5 Å². The van der Waals surface area contributed by atoms with Gasteiger partial charge in [0.1, 0.15) is 13.2 Å². The smallest absolute Gasteiger partial charge is 0.384 e. The zero-order chi connectivity index (χ0) is 36.9. The number of carbonyl (C=O) groups is 2. The topological polar surface area (TPSA) is 97.4 Å². The van der Waals surface area contributed by atoms with Crippen molar-refractivity contribution in [3.05, 3.63) is 135 Å². The Morgan fingerprint density at radius 2 is 1.44 bits per heavy atom. The Kier molecular flexibility index (Phi) is 13.6. The summed E-state index contributed by atoms with van der Waals surface area (Å²) in [5, 5.41) is 17.2. The summed E-state index contributed by atoms with van der Waals surface area (Å²) in [7, 11) is 0. The highest BCUT2D eigenvalue weighted by Gasteiger charge is 2.27. The Hall–Kier alpha value is -5.43. The highest BCUT2D eigenvalue weighted by atomic mass is 32.1. The van der Waals surface area contributed by atoms with E-state index < -0.39 is 18.5 Å². The number of nitrogens with zero attached hydrogens (tertiary/aromatic N) is 1. The number of carboxylic acid groups (broad SMARTS) is 2. The molecule has 2 aromatic heterocycles. The Labute approximate surface area is 313 Å². The van der Waals surface area contributed by atoms with Crippen molar-refractivity contribution >= 4 is 52.3 Å². The van der Waals surface area contributed by atoms with Crippen molar-refractivity contribution in [1.82, 2.24) is 0 Å². The molecular formula is C43H41NO6S2. The van der Waals surface area contributed by atoms with Crippen LogP contribution in [-0.4, -0.2) is 41.9 Å². The van der Waals surface area contributed by atoms with E-state index in [9.17, 15) is 14.7 Å². The third-order valence-corrected chi connectivity index (χ3v) is 10.8. The molecule has 1 aliphatic rings. The summed E-state index contributed by atoms with van der Waals surface area (Å²) in [4.78, 5) is 27.7. The Balaban J connectivity index is 0.000000803. The molecule has 52 heavy (non-hydrogen) atoms. The number of hydrogen-bond donors (Lipinski definition) is 2. The quantitative estimate of drug-likeness (QED) is 0.0541. The van der Waals surface area contributed by atoms with Crippen molar-refractivity contribution in [2.24, 2.45) is 0 Å². The fourth-order valence-corrected chi connectivity index (χ4v) is 8.24. The van der Waals surface area contributed by atoms with Crippen LogP contribution in [-0.2, 0) is 16.0 Å². The predicted octanol–water partition coefficient (Wildman–Crippen LogP) is 11.1. The molecule has 6 rings (SSSR count). The Bertz CT molecular complexity index is 2030. The minimum atomic E-state index is -1.06. The first-order valence-corrected chi connectivity index (χ1v) is 18.9. The van der Waals surface area contributed by atoms with Gasteiger partial charge in [-0.2, -0.15) is 0 Å². The molecule has 0 bridgehead atoms. The maximum atomic E-state index is 11.6. The van der Waals surface area contributed by atoms with Crippen molar-refractivity contribution in [3.63, 3.8) is 0 Å². The van der Waals surface area contributed by atoms with E-state index in [0.29, 0.717) is 19.0 Å². The fraction of sp³-hybridized carbons (Fsp3) is 0.233. The molecule has 0 radical (unpaired) electrons. The van der Waals surface area contributed by atoms with E-state index in [0.717, 1.165) is 38.8 Å². The zero-order valence-electron chi connectivity index (χ0n) is 29.3. The molecule has 1 aliphatic heterocycles. The zero-order valence-corrected chi connectivity index (χ0v) is 30.9. The molecule has 0 saturated carbocycles. The van der Waals surface area contributed by atoms with Crippen molar-refractivity contribution in [1.29, 1.82) is 0 Å². The number of aliphatic carboxylic acids is 2. The monoisotopic (exact) mass is 731 g/mol. The molecule has 3 heterocycles. The summed E-state index contributed by atoms with van der Waals surface area (Å²) in [6.07, 6.45) is 9.76. The minimum absolute atomic E-state index is 0.269. The molecule has 0 spiro atoms. The second kappa shape index (κ2) is 18.7. The van der Waals surface area contributed by atoms with Gasteiger partial charge in [-0.1, -0.05) is 111 Å². The van der Waals surface area contributed by atoms with E-state index in [4.69, 9.17) is 21.2 Å². The van der Waals surface area contributed by atoms with Crippen LogP contribution in [0.5, 0.6) is 11.5 Å². The second-order valence-corrected chi connectivity index (χ2v) is 14.3. The van der Waals surface area contributed by atoms with E-state index in [1.807, 2.05) is 0 Å². The lowest BCUT2D eigenvalue weighted by Crippen LogP contribution is -2.14. The molecule has 0 unspecified atom stereocenters. The Morgan fingerprint density at radius 1 is 0.808 bits per heavy atom. The van der Waals surface area contributed by atoms with Gasteiger partial charge in [-0.15, -0.1) is 22.7 Å². The van der Waals surface area contributed by atoms with Crippen LogP contribution in [0.25, 0.3) is 42.8 Å². The summed E-state index contributed by atoms with van der Waals surface area (Å²) >= 11 is 3.32. The van der Waals surface area contributed by atoms with Crippen LogP contribution < -0.4 is 9.47 Å². The average molecular weight is 732 g/mol. The van der Waals surface area contributed by atoms with Gasteiger partial charge < -0.3 is 24.5 Å². The molecule has 2 N–H and O–H groups in total. The molecular weight excluding hydrogens is 691 g/mol. The van der Waals surface area contributed by atoms with Gasteiger partial charge in [0.05, 0.1) is 9.75 Å². The Morgan fingerprint density at radius 3 is 2.00 bits per heavy atom. The van der Waals surface area contributed by atoms with Crippen LogP contribution in [0.4, 0.5) is 0 Å². The highest BCUT2D eigenvalue weighted by Crippen LogP contribution is 2.53. The largest absolute Gasteiger partial charge is 0.485 e. The van der Waals surface area contributed by atoms with E-state index >= 15 is 0 Å². The molecule has 3 aromatic carbocycles. The number of unbranched alkanes of at least 4 members (excludes halogenated alkanes) is 3. The minimum Gasteiger partial charge on any atom is -0.485 e. The first-order chi connectivity index (χ1) is 25.3. The molecule has 5 aromatic rings. The number of aryl methyl sites for hydroxylation is 1. The van der Waals surface area contributed by atoms with Crippen molar-refractivity contribution in [3.8, 4) is 31.7 Å². The van der Waals surface area contributed by atoms with Crippen molar-refractivity contribution < 1.29 is 29.3 Å². The van der Waals surface area contributed by atoms with Crippen LogP contribution in [0.3, 0.4) is 0 Å². The summed E-state index contributed by atoms with van der Waals surface area (Å²) in [5.41, 5.74) is 7.52. The van der Waals surface area contributed by atoms with Gasteiger partial charge in [0.25, 0.3) is 0 Å². The van der Waals surface area contributed by atoms with Crippen LogP contribution in [0.2, 0.25) is 0 Å². The van der Waals surface area contributed by atoms with Crippen LogP contribution in [0.15, 0.2) is 96.6 Å².